The molecule has 0 saturated heterocycles. The SMILES string of the molecule is Cc1ccc(Nc2cc(C)nc(Nc3ccc(NC(=O)Nc4ccc5ccccc5c4)cc3)n2)cc1. The molecule has 0 unspecified atom stereocenters. The smallest absolute Gasteiger partial charge is 0.323 e. The Balaban J connectivity index is 1.21. The number of hydrogen-bond donors (Lipinski definition) is 4. The number of aromatic nitrogens is 2. The quantitative estimate of drug-likeness (QED) is 0.206. The number of rotatable bonds is 6. The molecule has 0 aliphatic heterocycles. The summed E-state index contributed by atoms with van der Waals surface area (Å²) < 4.78 is 0. The summed E-state index contributed by atoms with van der Waals surface area (Å²) >= 11 is 0. The van der Waals surface area contributed by atoms with Gasteiger partial charge in [-0.15, -0.1) is 0 Å². The zero-order valence-corrected chi connectivity index (χ0v) is 20.0. The molecule has 4 aromatic carbocycles. The van der Waals surface area contributed by atoms with E-state index in [2.05, 4.69) is 38.2 Å². The molecular formula is C29H26N6O. The summed E-state index contributed by atoms with van der Waals surface area (Å²) in [5.41, 5.74) is 5.21. The van der Waals surface area contributed by atoms with E-state index in [1.165, 1.54) is 5.56 Å². The lowest BCUT2D eigenvalue weighted by atomic mass is 10.1. The highest BCUT2D eigenvalue weighted by atomic mass is 16.2. The van der Waals surface area contributed by atoms with Crippen molar-refractivity contribution < 1.29 is 4.79 Å². The number of anilines is 6. The Morgan fingerprint density at radius 3 is 2.00 bits per heavy atom. The topological polar surface area (TPSA) is 91.0 Å². The van der Waals surface area contributed by atoms with Crippen LogP contribution in [0, 0.1) is 13.8 Å². The summed E-state index contributed by atoms with van der Waals surface area (Å²) in [5.74, 6) is 1.19. The Morgan fingerprint density at radius 2 is 1.22 bits per heavy atom. The summed E-state index contributed by atoms with van der Waals surface area (Å²) in [6, 6.07) is 30.9. The largest absolute Gasteiger partial charge is 0.340 e. The van der Waals surface area contributed by atoms with Crippen LogP contribution in [0.5, 0.6) is 0 Å². The van der Waals surface area contributed by atoms with Crippen LogP contribution in [0.15, 0.2) is 97.1 Å². The zero-order chi connectivity index (χ0) is 24.9. The van der Waals surface area contributed by atoms with Crippen LogP contribution in [0.4, 0.5) is 39.3 Å². The monoisotopic (exact) mass is 474 g/mol. The van der Waals surface area contributed by atoms with Gasteiger partial charge in [0.25, 0.3) is 0 Å². The second-order valence-electron chi connectivity index (χ2n) is 8.55. The van der Waals surface area contributed by atoms with Crippen LogP contribution >= 0.6 is 0 Å². The molecular weight excluding hydrogens is 448 g/mol. The number of carbonyl (C=O) groups excluding carboxylic acids is 1. The van der Waals surface area contributed by atoms with Crippen molar-refractivity contribution in [1.29, 1.82) is 0 Å². The fourth-order valence-corrected chi connectivity index (χ4v) is 3.80. The third-order valence-corrected chi connectivity index (χ3v) is 5.58. The number of benzene rings is 4. The zero-order valence-electron chi connectivity index (χ0n) is 20.0. The number of hydrogen-bond acceptors (Lipinski definition) is 5. The van der Waals surface area contributed by atoms with Gasteiger partial charge in [-0.3, -0.25) is 0 Å². The molecule has 0 saturated carbocycles. The number of carbonyl (C=O) groups is 1. The Bertz CT molecular complexity index is 1510. The van der Waals surface area contributed by atoms with Crippen molar-refractivity contribution in [2.45, 2.75) is 13.8 Å². The number of urea groups is 1. The van der Waals surface area contributed by atoms with E-state index in [4.69, 9.17) is 0 Å². The highest BCUT2D eigenvalue weighted by molar-refractivity contribution is 6.01. The number of fused-ring (bicyclic) bond motifs is 1. The van der Waals surface area contributed by atoms with E-state index in [-0.39, 0.29) is 6.03 Å². The minimum atomic E-state index is -0.306. The van der Waals surface area contributed by atoms with Crippen LogP contribution in [0.3, 0.4) is 0 Å². The summed E-state index contributed by atoms with van der Waals surface area (Å²) in [6.07, 6.45) is 0. The highest BCUT2D eigenvalue weighted by Gasteiger charge is 2.06. The molecule has 4 N–H and O–H groups in total. The van der Waals surface area contributed by atoms with Gasteiger partial charge in [0.15, 0.2) is 0 Å². The molecule has 5 rings (SSSR count). The lowest BCUT2D eigenvalue weighted by molar-refractivity contribution is 0.262. The van der Waals surface area contributed by atoms with Gasteiger partial charge >= 0.3 is 6.03 Å². The van der Waals surface area contributed by atoms with Gasteiger partial charge in [-0.2, -0.15) is 4.98 Å². The molecule has 7 heteroatoms. The van der Waals surface area contributed by atoms with E-state index in [9.17, 15) is 4.79 Å². The molecule has 5 aromatic rings. The van der Waals surface area contributed by atoms with Gasteiger partial charge in [0.2, 0.25) is 5.95 Å². The van der Waals surface area contributed by atoms with Crippen molar-refractivity contribution in [2.24, 2.45) is 0 Å². The predicted molar refractivity (Wildman–Crippen MR) is 148 cm³/mol. The average molecular weight is 475 g/mol. The number of aryl methyl sites for hydroxylation is 2. The van der Waals surface area contributed by atoms with Crippen LogP contribution in [0.2, 0.25) is 0 Å². The summed E-state index contributed by atoms with van der Waals surface area (Å²) in [5, 5.41) is 14.5. The summed E-state index contributed by atoms with van der Waals surface area (Å²) in [7, 11) is 0. The summed E-state index contributed by atoms with van der Waals surface area (Å²) in [6.45, 7) is 3.98. The standard InChI is InChI=1S/C29H26N6O/c1-19-7-10-23(11-8-19)31-27-17-20(2)30-28(35-27)32-24-13-15-25(16-14-24)33-29(36)34-26-12-9-21-5-3-4-6-22(21)18-26/h3-18H,1-2H3,(H2,33,34,36)(H2,30,31,32,35). The predicted octanol–water partition coefficient (Wildman–Crippen LogP) is 7.38. The summed E-state index contributed by atoms with van der Waals surface area (Å²) in [4.78, 5) is 21.5. The maximum Gasteiger partial charge on any atom is 0.323 e. The van der Waals surface area contributed by atoms with Crippen LogP contribution in [0.1, 0.15) is 11.3 Å². The molecule has 0 fully saturated rings. The Morgan fingerprint density at radius 1 is 0.611 bits per heavy atom. The van der Waals surface area contributed by atoms with E-state index in [0.717, 1.165) is 33.5 Å². The third kappa shape index (κ3) is 5.77. The second-order valence-corrected chi connectivity index (χ2v) is 8.55. The number of amides is 2. The first-order valence-electron chi connectivity index (χ1n) is 11.6. The molecule has 178 valence electrons. The molecule has 0 spiro atoms. The molecule has 36 heavy (non-hydrogen) atoms. The first-order valence-corrected chi connectivity index (χ1v) is 11.6. The van der Waals surface area contributed by atoms with E-state index in [1.807, 2.05) is 104 Å². The van der Waals surface area contributed by atoms with Crippen molar-refractivity contribution in [3.05, 3.63) is 108 Å². The van der Waals surface area contributed by atoms with Gasteiger partial charge in [-0.05, 0) is 73.2 Å². The van der Waals surface area contributed by atoms with Gasteiger partial charge in [0, 0.05) is 34.5 Å². The van der Waals surface area contributed by atoms with Crippen molar-refractivity contribution in [2.75, 3.05) is 21.3 Å². The molecule has 0 aliphatic rings. The van der Waals surface area contributed by atoms with Gasteiger partial charge in [-0.1, -0.05) is 48.0 Å². The van der Waals surface area contributed by atoms with Gasteiger partial charge in [0.1, 0.15) is 5.82 Å². The van der Waals surface area contributed by atoms with Crippen molar-refractivity contribution in [3.63, 3.8) is 0 Å². The Labute approximate surface area is 209 Å². The minimum absolute atomic E-state index is 0.306. The van der Waals surface area contributed by atoms with Crippen LogP contribution in [-0.4, -0.2) is 16.0 Å². The molecule has 1 heterocycles. The number of nitrogens with one attached hydrogen (secondary N) is 4. The molecule has 0 aliphatic carbocycles. The van der Waals surface area contributed by atoms with Crippen molar-refractivity contribution >= 4 is 51.3 Å². The maximum absolute atomic E-state index is 12.5. The third-order valence-electron chi connectivity index (χ3n) is 5.58. The van der Waals surface area contributed by atoms with E-state index in [0.29, 0.717) is 17.5 Å². The van der Waals surface area contributed by atoms with Gasteiger partial charge < -0.3 is 21.3 Å². The van der Waals surface area contributed by atoms with Gasteiger partial charge in [0.05, 0.1) is 0 Å². The molecule has 0 radical (unpaired) electrons. The van der Waals surface area contributed by atoms with Crippen molar-refractivity contribution in [1.82, 2.24) is 9.97 Å². The highest BCUT2D eigenvalue weighted by Crippen LogP contribution is 2.22. The second kappa shape index (κ2) is 10.1. The maximum atomic E-state index is 12.5. The fourth-order valence-electron chi connectivity index (χ4n) is 3.80. The van der Waals surface area contributed by atoms with Gasteiger partial charge in [-0.25, -0.2) is 9.78 Å². The molecule has 0 atom stereocenters. The average Bonchev–Trinajstić information content (AvgIpc) is 2.86. The normalized spacial score (nSPS) is 10.6. The van der Waals surface area contributed by atoms with Crippen LogP contribution in [0.25, 0.3) is 10.8 Å². The molecule has 0 bridgehead atoms. The molecule has 7 nitrogen and oxygen atoms in total. The lowest BCUT2D eigenvalue weighted by Crippen LogP contribution is -2.19. The molecule has 2 amide bonds. The van der Waals surface area contributed by atoms with E-state index >= 15 is 0 Å². The fraction of sp³-hybridized carbons (Fsp3) is 0.0690. The Kier molecular flexibility index (Phi) is 6.44. The molecule has 1 aromatic heterocycles. The van der Waals surface area contributed by atoms with E-state index in [1.54, 1.807) is 0 Å². The first-order chi connectivity index (χ1) is 17.5. The van der Waals surface area contributed by atoms with Crippen LogP contribution in [-0.2, 0) is 0 Å². The number of nitrogens with zero attached hydrogens (tertiary/aromatic N) is 2. The van der Waals surface area contributed by atoms with E-state index < -0.39 is 0 Å². The minimum Gasteiger partial charge on any atom is -0.340 e. The Hall–Kier alpha value is -4.91. The van der Waals surface area contributed by atoms with Crippen molar-refractivity contribution in [3.8, 4) is 0 Å². The van der Waals surface area contributed by atoms with Crippen LogP contribution < -0.4 is 21.3 Å². The lowest BCUT2D eigenvalue weighted by Gasteiger charge is -2.11. The first kappa shape index (κ1) is 22.9.